The van der Waals surface area contributed by atoms with Crippen LogP contribution < -0.4 is 0 Å². The van der Waals surface area contributed by atoms with Crippen LogP contribution in [0.2, 0.25) is 0 Å². The van der Waals surface area contributed by atoms with Crippen molar-refractivity contribution in [2.45, 2.75) is 37.0 Å². The highest BCUT2D eigenvalue weighted by molar-refractivity contribution is 7.99. The van der Waals surface area contributed by atoms with Gasteiger partial charge in [0.15, 0.2) is 5.82 Å². The Morgan fingerprint density at radius 1 is 0.917 bits per heavy atom. The number of H-pyrrole nitrogens is 1. The number of nitrogens with zero attached hydrogens (tertiary/aromatic N) is 5. The zero-order chi connectivity index (χ0) is 17.1. The summed E-state index contributed by atoms with van der Waals surface area (Å²) in [7, 11) is 0. The van der Waals surface area contributed by atoms with Gasteiger partial charge in [-0.25, -0.2) is 18.7 Å². The van der Waals surface area contributed by atoms with Crippen molar-refractivity contribution in [3.05, 3.63) is 41.2 Å². The Bertz CT molecular complexity index is 847. The lowest BCUT2D eigenvalue weighted by Gasteiger charge is -2.03. The van der Waals surface area contributed by atoms with Gasteiger partial charge in [0.2, 0.25) is 10.3 Å². The number of benzene rings is 1. The molecule has 0 atom stereocenters. The molecule has 9 heteroatoms. The maximum absolute atomic E-state index is 13.3. The first kappa shape index (κ1) is 16.4. The van der Waals surface area contributed by atoms with Crippen molar-refractivity contribution < 1.29 is 8.78 Å². The van der Waals surface area contributed by atoms with Gasteiger partial charge in [-0.05, 0) is 36.7 Å². The van der Waals surface area contributed by atoms with Crippen molar-refractivity contribution >= 4 is 11.8 Å². The van der Waals surface area contributed by atoms with E-state index in [0.717, 1.165) is 42.1 Å². The van der Waals surface area contributed by atoms with E-state index >= 15 is 0 Å². The predicted molar refractivity (Wildman–Crippen MR) is 84.4 cm³/mol. The van der Waals surface area contributed by atoms with Gasteiger partial charge in [-0.15, -0.1) is 10.2 Å². The molecule has 3 rings (SSSR count). The van der Waals surface area contributed by atoms with E-state index in [-0.39, 0.29) is 11.4 Å². The molecule has 24 heavy (non-hydrogen) atoms. The van der Waals surface area contributed by atoms with E-state index in [1.807, 2.05) is 13.8 Å². The largest absolute Gasteiger partial charge is 0.258 e. The van der Waals surface area contributed by atoms with Crippen molar-refractivity contribution in [1.82, 2.24) is 30.4 Å². The summed E-state index contributed by atoms with van der Waals surface area (Å²) in [6.07, 6.45) is 1.53. The number of aryl methyl sites for hydroxylation is 2. The van der Waals surface area contributed by atoms with Crippen molar-refractivity contribution in [2.24, 2.45) is 0 Å². The molecular weight excluding hydrogens is 334 g/mol. The van der Waals surface area contributed by atoms with E-state index in [1.54, 1.807) is 0 Å². The highest BCUT2D eigenvalue weighted by Gasteiger charge is 2.13. The second kappa shape index (κ2) is 7.00. The summed E-state index contributed by atoms with van der Waals surface area (Å²) in [6.45, 7) is 4.00. The molecule has 0 saturated carbocycles. The SMILES string of the molecule is CCc1nnc(Sc2n[nH]c(-c3cc(F)cc(F)c3)n2)nc1CC. The normalized spacial score (nSPS) is 11.0. The first-order chi connectivity index (χ1) is 11.6. The van der Waals surface area contributed by atoms with Crippen LogP contribution in [-0.2, 0) is 12.8 Å². The minimum atomic E-state index is -0.675. The van der Waals surface area contributed by atoms with Crippen molar-refractivity contribution in [3.63, 3.8) is 0 Å². The molecule has 124 valence electrons. The van der Waals surface area contributed by atoms with Gasteiger partial charge in [0.05, 0.1) is 11.4 Å². The van der Waals surface area contributed by atoms with E-state index < -0.39 is 11.6 Å². The fourth-order valence-corrected chi connectivity index (χ4v) is 2.79. The summed E-state index contributed by atoms with van der Waals surface area (Å²) in [5.74, 6) is -1.08. The summed E-state index contributed by atoms with van der Waals surface area (Å²) < 4.78 is 26.6. The van der Waals surface area contributed by atoms with Crippen molar-refractivity contribution in [3.8, 4) is 11.4 Å². The molecule has 0 amide bonds. The van der Waals surface area contributed by atoms with Crippen LogP contribution in [-0.4, -0.2) is 30.4 Å². The Labute approximate surface area is 141 Å². The molecule has 0 radical (unpaired) electrons. The topological polar surface area (TPSA) is 80.2 Å². The molecule has 2 aromatic heterocycles. The molecule has 0 aliphatic heterocycles. The van der Waals surface area contributed by atoms with Gasteiger partial charge in [0.1, 0.15) is 11.6 Å². The zero-order valence-corrected chi connectivity index (χ0v) is 13.9. The number of aromatic amines is 1. The van der Waals surface area contributed by atoms with Crippen LogP contribution in [0.25, 0.3) is 11.4 Å². The minimum absolute atomic E-state index is 0.268. The van der Waals surface area contributed by atoms with E-state index in [9.17, 15) is 8.78 Å². The third-order valence-corrected chi connectivity index (χ3v) is 3.99. The van der Waals surface area contributed by atoms with Crippen LogP contribution in [0.5, 0.6) is 0 Å². The lowest BCUT2D eigenvalue weighted by atomic mass is 10.2. The second-order valence-electron chi connectivity index (χ2n) is 4.92. The first-order valence-corrected chi connectivity index (χ1v) is 8.19. The zero-order valence-electron chi connectivity index (χ0n) is 13.0. The number of aromatic nitrogens is 6. The Hall–Kier alpha value is -2.42. The highest BCUT2D eigenvalue weighted by Crippen LogP contribution is 2.24. The van der Waals surface area contributed by atoms with Crippen LogP contribution in [0.4, 0.5) is 8.78 Å². The Morgan fingerprint density at radius 3 is 2.29 bits per heavy atom. The molecule has 0 spiro atoms. The highest BCUT2D eigenvalue weighted by atomic mass is 32.2. The van der Waals surface area contributed by atoms with Gasteiger partial charge in [-0.2, -0.15) is 5.10 Å². The summed E-state index contributed by atoms with van der Waals surface area (Å²) in [5.41, 5.74) is 2.03. The van der Waals surface area contributed by atoms with Gasteiger partial charge in [0, 0.05) is 11.6 Å². The lowest BCUT2D eigenvalue weighted by Crippen LogP contribution is -2.03. The third kappa shape index (κ3) is 3.56. The summed E-state index contributed by atoms with van der Waals surface area (Å²) in [6, 6.07) is 3.17. The minimum Gasteiger partial charge on any atom is -0.258 e. The Morgan fingerprint density at radius 2 is 1.62 bits per heavy atom. The van der Waals surface area contributed by atoms with Gasteiger partial charge in [0.25, 0.3) is 0 Å². The molecule has 1 aromatic carbocycles. The summed E-state index contributed by atoms with van der Waals surface area (Å²) in [5, 5.41) is 15.7. The average Bonchev–Trinajstić information content (AvgIpc) is 3.02. The molecule has 0 aliphatic carbocycles. The maximum Gasteiger partial charge on any atom is 0.217 e. The number of rotatable bonds is 5. The van der Waals surface area contributed by atoms with Crippen molar-refractivity contribution in [2.75, 3.05) is 0 Å². The molecule has 2 heterocycles. The smallest absolute Gasteiger partial charge is 0.217 e. The predicted octanol–water partition coefficient (Wildman–Crippen LogP) is 3.21. The van der Waals surface area contributed by atoms with Crippen LogP contribution in [0.15, 0.2) is 28.5 Å². The molecule has 0 saturated heterocycles. The molecular formula is C15H14F2N6S. The molecule has 0 fully saturated rings. The molecule has 6 nitrogen and oxygen atoms in total. The molecule has 0 aliphatic rings. The van der Waals surface area contributed by atoms with E-state index in [4.69, 9.17) is 0 Å². The second-order valence-corrected chi connectivity index (χ2v) is 5.86. The van der Waals surface area contributed by atoms with E-state index in [2.05, 4.69) is 30.4 Å². The number of halogens is 2. The monoisotopic (exact) mass is 348 g/mol. The van der Waals surface area contributed by atoms with Crippen LogP contribution in [0.1, 0.15) is 25.2 Å². The van der Waals surface area contributed by atoms with Gasteiger partial charge in [-0.3, -0.25) is 5.10 Å². The van der Waals surface area contributed by atoms with Crippen LogP contribution in [0.3, 0.4) is 0 Å². The maximum atomic E-state index is 13.3. The quantitative estimate of drug-likeness (QED) is 0.763. The summed E-state index contributed by atoms with van der Waals surface area (Å²) >= 11 is 1.13. The standard InChI is InChI=1S/C15H14F2N6S/c1-3-11-12(4-2)20-22-14(18-11)24-15-19-13(21-23-15)8-5-9(16)7-10(17)6-8/h5-7H,3-4H2,1-2H3,(H,19,21,23). The summed E-state index contributed by atoms with van der Waals surface area (Å²) in [4.78, 5) is 8.65. The fourth-order valence-electron chi connectivity index (χ4n) is 2.16. The molecule has 3 aromatic rings. The van der Waals surface area contributed by atoms with Gasteiger partial charge < -0.3 is 0 Å². The Kier molecular flexibility index (Phi) is 4.79. The van der Waals surface area contributed by atoms with Crippen LogP contribution in [0, 0.1) is 11.6 Å². The van der Waals surface area contributed by atoms with Gasteiger partial charge >= 0.3 is 0 Å². The van der Waals surface area contributed by atoms with E-state index in [0.29, 0.717) is 10.3 Å². The third-order valence-electron chi connectivity index (χ3n) is 3.27. The van der Waals surface area contributed by atoms with E-state index in [1.165, 1.54) is 12.1 Å². The lowest BCUT2D eigenvalue weighted by molar-refractivity contribution is 0.584. The number of hydrogen-bond acceptors (Lipinski definition) is 6. The van der Waals surface area contributed by atoms with Gasteiger partial charge in [-0.1, -0.05) is 13.8 Å². The molecule has 1 N–H and O–H groups in total. The fraction of sp³-hybridized carbons (Fsp3) is 0.267. The number of hydrogen-bond donors (Lipinski definition) is 1. The Balaban J connectivity index is 1.84. The van der Waals surface area contributed by atoms with Crippen molar-refractivity contribution in [1.29, 1.82) is 0 Å². The average molecular weight is 348 g/mol. The number of nitrogens with one attached hydrogen (secondary N) is 1. The molecule has 0 unspecified atom stereocenters. The molecule has 0 bridgehead atoms. The van der Waals surface area contributed by atoms with Crippen LogP contribution >= 0.6 is 11.8 Å². The first-order valence-electron chi connectivity index (χ1n) is 7.38.